The van der Waals surface area contributed by atoms with Crippen LogP contribution in [-0.2, 0) is 17.5 Å². The molecule has 0 aliphatic rings. The number of thiophene rings is 1. The Hall–Kier alpha value is -2.34. The molecule has 3 aromatic rings. The first-order valence-electron chi connectivity index (χ1n) is 6.48. The normalized spacial score (nSPS) is 11.8. The third-order valence-corrected chi connectivity index (χ3v) is 4.65. The van der Waals surface area contributed by atoms with Crippen molar-refractivity contribution in [1.82, 2.24) is 19.7 Å². The van der Waals surface area contributed by atoms with Crippen molar-refractivity contribution >= 4 is 43.9 Å². The Morgan fingerprint density at radius 1 is 1.33 bits per heavy atom. The highest BCUT2D eigenvalue weighted by atomic mass is 32.1. The molecule has 0 aliphatic heterocycles. The molecule has 0 bridgehead atoms. The first-order chi connectivity index (χ1) is 11.3. The molecule has 0 atom stereocenters. The van der Waals surface area contributed by atoms with Crippen molar-refractivity contribution in [2.24, 2.45) is 0 Å². The van der Waals surface area contributed by atoms with E-state index in [-0.39, 0.29) is 35.0 Å². The Morgan fingerprint density at radius 2 is 2.12 bits per heavy atom. The molecule has 0 radical (unpaired) electrons. The molecule has 0 aromatic carbocycles. The van der Waals surface area contributed by atoms with Crippen LogP contribution in [0.3, 0.4) is 0 Å². The lowest BCUT2D eigenvalue weighted by Crippen LogP contribution is -2.23. The van der Waals surface area contributed by atoms with E-state index in [0.29, 0.717) is 10.2 Å². The first kappa shape index (κ1) is 16.5. The van der Waals surface area contributed by atoms with Gasteiger partial charge in [0.25, 0.3) is 5.56 Å². The maximum absolute atomic E-state index is 12.4. The van der Waals surface area contributed by atoms with Gasteiger partial charge in [-0.2, -0.15) is 13.2 Å². The lowest BCUT2D eigenvalue weighted by Gasteiger charge is -2.04. The van der Waals surface area contributed by atoms with Crippen molar-refractivity contribution in [2.75, 3.05) is 5.32 Å². The molecule has 1 amide bonds. The molecule has 0 saturated heterocycles. The van der Waals surface area contributed by atoms with Gasteiger partial charge in [0.15, 0.2) is 0 Å². The summed E-state index contributed by atoms with van der Waals surface area (Å²) in [6, 6.07) is 1.64. The van der Waals surface area contributed by atoms with Crippen molar-refractivity contribution < 1.29 is 18.0 Å². The predicted octanol–water partition coefficient (Wildman–Crippen LogP) is 2.36. The molecule has 12 heteroatoms. The van der Waals surface area contributed by atoms with Gasteiger partial charge in [0, 0.05) is 13.0 Å². The van der Waals surface area contributed by atoms with Crippen molar-refractivity contribution in [3.8, 4) is 0 Å². The molecular formula is C12H8F3N5O2S2. The number of amides is 1. The predicted molar refractivity (Wildman–Crippen MR) is 82.0 cm³/mol. The highest BCUT2D eigenvalue weighted by Crippen LogP contribution is 2.32. The van der Waals surface area contributed by atoms with Gasteiger partial charge >= 0.3 is 6.18 Å². The number of nitrogens with one attached hydrogen (secondary N) is 1. The monoisotopic (exact) mass is 375 g/mol. The number of fused-ring (bicyclic) bond motifs is 1. The second-order valence-electron chi connectivity index (χ2n) is 4.59. The van der Waals surface area contributed by atoms with Crippen LogP contribution >= 0.6 is 22.7 Å². The number of anilines is 1. The summed E-state index contributed by atoms with van der Waals surface area (Å²) < 4.78 is 38.5. The number of carbonyl (C=O) groups is 1. The van der Waals surface area contributed by atoms with Gasteiger partial charge in [-0.25, -0.2) is 4.98 Å². The minimum atomic E-state index is -4.60. The zero-order valence-electron chi connectivity index (χ0n) is 11.7. The smallest absolute Gasteiger partial charge is 0.300 e. The minimum Gasteiger partial charge on any atom is -0.300 e. The van der Waals surface area contributed by atoms with E-state index in [1.807, 2.05) is 0 Å². The quantitative estimate of drug-likeness (QED) is 0.756. The standard InChI is InChI=1S/C12H8F3N5O2S2/c13-12(14,15)10-18-19-11(24-10)17-7(21)1-3-20-5-16-8-6(9(20)22)2-4-23-8/h2,4-5H,1,3H2,(H,17,19,21). The third kappa shape index (κ3) is 3.43. The number of hydrogen-bond donors (Lipinski definition) is 1. The van der Waals surface area contributed by atoms with E-state index >= 15 is 0 Å². The molecule has 3 aromatic heterocycles. The number of alkyl halides is 3. The second-order valence-corrected chi connectivity index (χ2v) is 6.46. The molecule has 126 valence electrons. The Kier molecular flexibility index (Phi) is 4.32. The fourth-order valence-electron chi connectivity index (χ4n) is 1.84. The number of rotatable bonds is 4. The van der Waals surface area contributed by atoms with Gasteiger partial charge in [-0.05, 0) is 11.4 Å². The highest BCUT2D eigenvalue weighted by Gasteiger charge is 2.35. The molecule has 0 saturated carbocycles. The van der Waals surface area contributed by atoms with Crippen LogP contribution < -0.4 is 10.9 Å². The van der Waals surface area contributed by atoms with Gasteiger partial charge in [0.05, 0.1) is 11.7 Å². The molecule has 0 unspecified atom stereocenters. The van der Waals surface area contributed by atoms with Crippen LogP contribution in [0.2, 0.25) is 0 Å². The maximum Gasteiger partial charge on any atom is 0.445 e. The lowest BCUT2D eigenvalue weighted by atomic mass is 10.3. The summed E-state index contributed by atoms with van der Waals surface area (Å²) in [5.41, 5.74) is -0.274. The summed E-state index contributed by atoms with van der Waals surface area (Å²) in [6.45, 7) is 0.0500. The zero-order valence-corrected chi connectivity index (χ0v) is 13.3. The Balaban J connectivity index is 1.64. The average molecular weight is 375 g/mol. The van der Waals surface area contributed by atoms with E-state index in [1.54, 1.807) is 11.4 Å². The molecule has 3 heterocycles. The van der Waals surface area contributed by atoms with E-state index in [2.05, 4.69) is 20.5 Å². The van der Waals surface area contributed by atoms with E-state index < -0.39 is 17.1 Å². The number of nitrogens with zero attached hydrogens (tertiary/aromatic N) is 4. The van der Waals surface area contributed by atoms with E-state index in [9.17, 15) is 22.8 Å². The fraction of sp³-hybridized carbons (Fsp3) is 0.250. The number of hydrogen-bond acceptors (Lipinski definition) is 7. The average Bonchev–Trinajstić information content (AvgIpc) is 3.15. The first-order valence-corrected chi connectivity index (χ1v) is 8.17. The van der Waals surface area contributed by atoms with Gasteiger partial charge in [0.1, 0.15) is 4.83 Å². The topological polar surface area (TPSA) is 89.8 Å². The SMILES string of the molecule is O=C(CCn1cnc2sccc2c1=O)Nc1nnc(C(F)(F)F)s1. The summed E-state index contributed by atoms with van der Waals surface area (Å²) in [4.78, 5) is 28.6. The Labute approximate surface area is 139 Å². The van der Waals surface area contributed by atoms with Crippen LogP contribution in [0.15, 0.2) is 22.6 Å². The fourth-order valence-corrected chi connectivity index (χ4v) is 3.20. The van der Waals surface area contributed by atoms with E-state index in [4.69, 9.17) is 0 Å². The van der Waals surface area contributed by atoms with Gasteiger partial charge in [-0.1, -0.05) is 11.3 Å². The van der Waals surface area contributed by atoms with Crippen LogP contribution in [0.4, 0.5) is 18.3 Å². The van der Waals surface area contributed by atoms with Crippen LogP contribution in [0.1, 0.15) is 11.4 Å². The number of aromatic nitrogens is 4. The van der Waals surface area contributed by atoms with Gasteiger partial charge in [0.2, 0.25) is 16.0 Å². The molecular weight excluding hydrogens is 367 g/mol. The third-order valence-electron chi connectivity index (χ3n) is 2.94. The van der Waals surface area contributed by atoms with Crippen molar-refractivity contribution in [3.63, 3.8) is 0 Å². The molecule has 0 fully saturated rings. The summed E-state index contributed by atoms with van der Waals surface area (Å²) in [5, 5.41) is 9.28. The van der Waals surface area contributed by atoms with Crippen LogP contribution in [0.25, 0.3) is 10.2 Å². The number of aryl methyl sites for hydroxylation is 1. The second kappa shape index (κ2) is 6.28. The summed E-state index contributed by atoms with van der Waals surface area (Å²) >= 11 is 1.57. The number of halogens is 3. The van der Waals surface area contributed by atoms with E-state index in [0.717, 1.165) is 0 Å². The summed E-state index contributed by atoms with van der Waals surface area (Å²) in [6.07, 6.45) is -3.38. The molecule has 0 aliphatic carbocycles. The van der Waals surface area contributed by atoms with Crippen molar-refractivity contribution in [2.45, 2.75) is 19.1 Å². The van der Waals surface area contributed by atoms with Gasteiger partial charge in [-0.15, -0.1) is 21.5 Å². The summed E-state index contributed by atoms with van der Waals surface area (Å²) in [7, 11) is 0. The Morgan fingerprint density at radius 3 is 2.83 bits per heavy atom. The van der Waals surface area contributed by atoms with Gasteiger partial charge < -0.3 is 5.32 Å². The van der Waals surface area contributed by atoms with Gasteiger partial charge in [-0.3, -0.25) is 14.2 Å². The molecule has 7 nitrogen and oxygen atoms in total. The maximum atomic E-state index is 12.4. The van der Waals surface area contributed by atoms with E-state index in [1.165, 1.54) is 22.2 Å². The van der Waals surface area contributed by atoms with Crippen LogP contribution in [0, 0.1) is 0 Å². The lowest BCUT2D eigenvalue weighted by molar-refractivity contribution is -0.138. The minimum absolute atomic E-state index is 0.0500. The largest absolute Gasteiger partial charge is 0.445 e. The van der Waals surface area contributed by atoms with Crippen molar-refractivity contribution in [1.29, 1.82) is 0 Å². The molecule has 1 N–H and O–H groups in total. The molecule has 24 heavy (non-hydrogen) atoms. The van der Waals surface area contributed by atoms with Crippen LogP contribution in [0.5, 0.6) is 0 Å². The molecule has 3 rings (SSSR count). The Bertz CT molecular complexity index is 946. The van der Waals surface area contributed by atoms with Crippen molar-refractivity contribution in [3.05, 3.63) is 33.1 Å². The highest BCUT2D eigenvalue weighted by molar-refractivity contribution is 7.16. The number of carbonyl (C=O) groups excluding carboxylic acids is 1. The molecule has 0 spiro atoms. The zero-order chi connectivity index (χ0) is 17.3. The summed E-state index contributed by atoms with van der Waals surface area (Å²) in [5.74, 6) is -0.572. The van der Waals surface area contributed by atoms with Crippen LogP contribution in [-0.4, -0.2) is 25.7 Å².